The van der Waals surface area contributed by atoms with Gasteiger partial charge in [0.1, 0.15) is 12.3 Å². The van der Waals surface area contributed by atoms with Crippen LogP contribution in [-0.4, -0.2) is 49.1 Å². The summed E-state index contributed by atoms with van der Waals surface area (Å²) in [5, 5.41) is 4.04. The number of rotatable bonds is 8. The fraction of sp³-hybridized carbons (Fsp3) is 0.500. The molecule has 0 aliphatic carbocycles. The Morgan fingerprint density at radius 3 is 2.86 bits per heavy atom. The molecule has 0 bridgehead atoms. The van der Waals surface area contributed by atoms with Crippen LogP contribution in [0.3, 0.4) is 0 Å². The maximum Gasteiger partial charge on any atom is 0.261 e. The lowest BCUT2D eigenvalue weighted by atomic mass is 10.5. The third-order valence-electron chi connectivity index (χ3n) is 2.72. The molecule has 2 aromatic rings. The fourth-order valence-corrected chi connectivity index (χ4v) is 2.83. The summed E-state index contributed by atoms with van der Waals surface area (Å²) in [6.07, 6.45) is 2.68. The quantitative estimate of drug-likeness (QED) is 0.533. The molecule has 2 rings (SSSR count). The van der Waals surface area contributed by atoms with E-state index < -0.39 is 10.0 Å². The number of methoxy groups -OCH3 is 1. The third-order valence-corrected chi connectivity index (χ3v) is 4.35. The number of halogens is 1. The predicted molar refractivity (Wildman–Crippen MR) is 78.0 cm³/mol. The minimum absolute atomic E-state index is 0.215. The van der Waals surface area contributed by atoms with E-state index in [9.17, 15) is 12.9 Å². The Bertz CT molecular complexity index is 734. The Labute approximate surface area is 127 Å². The number of anilines is 1. The molecule has 10 heteroatoms. The largest absolute Gasteiger partial charge is 0.474 e. The summed E-state index contributed by atoms with van der Waals surface area (Å²) in [5.41, 5.74) is 0.199. The first kappa shape index (κ1) is 16.4. The van der Waals surface area contributed by atoms with Gasteiger partial charge in [-0.1, -0.05) is 15.9 Å². The molecule has 0 saturated carbocycles. The fourth-order valence-electron chi connectivity index (χ4n) is 1.73. The highest BCUT2D eigenvalue weighted by molar-refractivity contribution is 7.92. The van der Waals surface area contributed by atoms with Crippen LogP contribution in [0.5, 0.6) is 5.88 Å². The standard InChI is InChI=1S/C12H17FN4O4S/c1-3-6-22(18,19)17(13)10-8-14-11-7-12(15-16(11)9-10)21-5-4-20-2/h7-9H,3-6H2,1-2H3. The van der Waals surface area contributed by atoms with E-state index in [0.717, 1.165) is 6.20 Å². The molecule has 0 amide bonds. The van der Waals surface area contributed by atoms with Crippen molar-refractivity contribution >= 4 is 21.4 Å². The van der Waals surface area contributed by atoms with E-state index in [1.807, 2.05) is 0 Å². The monoisotopic (exact) mass is 332 g/mol. The van der Waals surface area contributed by atoms with Crippen LogP contribution in [0, 0.1) is 0 Å². The molecule has 2 heterocycles. The molecule has 0 radical (unpaired) electrons. The van der Waals surface area contributed by atoms with Crippen molar-refractivity contribution in [3.63, 3.8) is 0 Å². The van der Waals surface area contributed by atoms with Crippen molar-refractivity contribution in [1.29, 1.82) is 0 Å². The molecule has 2 aromatic heterocycles. The zero-order valence-electron chi connectivity index (χ0n) is 12.3. The second kappa shape index (κ2) is 6.88. The minimum atomic E-state index is -4.01. The number of nitrogens with zero attached hydrogens (tertiary/aromatic N) is 4. The number of ether oxygens (including phenoxy) is 2. The summed E-state index contributed by atoms with van der Waals surface area (Å²) in [7, 11) is -2.46. The number of hydrogen-bond acceptors (Lipinski definition) is 6. The van der Waals surface area contributed by atoms with Gasteiger partial charge in [0.25, 0.3) is 10.0 Å². The lowest BCUT2D eigenvalue weighted by molar-refractivity contribution is 0.143. The highest BCUT2D eigenvalue weighted by Crippen LogP contribution is 2.20. The van der Waals surface area contributed by atoms with Crippen molar-refractivity contribution in [3.05, 3.63) is 18.5 Å². The first-order valence-electron chi connectivity index (χ1n) is 6.64. The molecule has 0 fully saturated rings. The van der Waals surface area contributed by atoms with Gasteiger partial charge in [0.2, 0.25) is 5.88 Å². The van der Waals surface area contributed by atoms with Gasteiger partial charge in [0.15, 0.2) is 5.65 Å². The van der Waals surface area contributed by atoms with Crippen LogP contribution >= 0.6 is 0 Å². The summed E-state index contributed by atoms with van der Waals surface area (Å²) < 4.78 is 48.5. The van der Waals surface area contributed by atoms with Crippen LogP contribution in [-0.2, 0) is 14.8 Å². The van der Waals surface area contributed by atoms with Gasteiger partial charge < -0.3 is 9.47 Å². The zero-order valence-corrected chi connectivity index (χ0v) is 13.1. The Balaban J connectivity index is 2.23. The lowest BCUT2D eigenvalue weighted by Gasteiger charge is -2.12. The van der Waals surface area contributed by atoms with Crippen molar-refractivity contribution in [2.24, 2.45) is 0 Å². The number of aromatic nitrogens is 3. The SMILES string of the molecule is CCCS(=O)(=O)N(F)c1cnc2cc(OCCOC)nn2c1. The summed E-state index contributed by atoms with van der Waals surface area (Å²) >= 11 is 0. The molecule has 0 N–H and O–H groups in total. The van der Waals surface area contributed by atoms with Crippen molar-refractivity contribution in [1.82, 2.24) is 14.6 Å². The maximum absolute atomic E-state index is 14.0. The van der Waals surface area contributed by atoms with E-state index in [1.165, 1.54) is 10.7 Å². The van der Waals surface area contributed by atoms with Gasteiger partial charge in [0, 0.05) is 13.2 Å². The van der Waals surface area contributed by atoms with E-state index in [-0.39, 0.29) is 16.0 Å². The van der Waals surface area contributed by atoms with E-state index in [4.69, 9.17) is 9.47 Å². The molecule has 122 valence electrons. The maximum atomic E-state index is 14.0. The van der Waals surface area contributed by atoms with E-state index in [2.05, 4.69) is 10.1 Å². The Morgan fingerprint density at radius 1 is 1.41 bits per heavy atom. The molecule has 0 unspecified atom stereocenters. The summed E-state index contributed by atoms with van der Waals surface area (Å²) in [6, 6.07) is 1.56. The van der Waals surface area contributed by atoms with Crippen LogP contribution in [0.1, 0.15) is 13.3 Å². The van der Waals surface area contributed by atoms with Gasteiger partial charge in [-0.25, -0.2) is 17.9 Å². The molecule has 0 atom stereocenters. The molecular weight excluding hydrogens is 315 g/mol. The second-order valence-electron chi connectivity index (χ2n) is 4.47. The highest BCUT2D eigenvalue weighted by atomic mass is 32.2. The van der Waals surface area contributed by atoms with Crippen molar-refractivity contribution < 1.29 is 22.4 Å². The molecule has 0 spiro atoms. The van der Waals surface area contributed by atoms with Crippen molar-refractivity contribution in [2.75, 3.05) is 30.6 Å². The average Bonchev–Trinajstić information content (AvgIpc) is 2.88. The first-order chi connectivity index (χ1) is 10.5. The van der Waals surface area contributed by atoms with E-state index >= 15 is 0 Å². The zero-order chi connectivity index (χ0) is 16.2. The molecule has 0 aliphatic rings. The molecule has 8 nitrogen and oxygen atoms in total. The normalized spacial score (nSPS) is 11.8. The Morgan fingerprint density at radius 2 is 2.18 bits per heavy atom. The van der Waals surface area contributed by atoms with Gasteiger partial charge in [-0.2, -0.15) is 0 Å². The summed E-state index contributed by atoms with van der Waals surface area (Å²) in [5.74, 6) is 0.00924. The molecule has 0 aromatic carbocycles. The van der Waals surface area contributed by atoms with Gasteiger partial charge in [-0.15, -0.1) is 5.10 Å². The van der Waals surface area contributed by atoms with Crippen LogP contribution in [0.4, 0.5) is 10.2 Å². The number of hydrogen-bond donors (Lipinski definition) is 0. The third kappa shape index (κ3) is 3.63. The molecule has 0 aliphatic heterocycles. The van der Waals surface area contributed by atoms with E-state index in [0.29, 0.717) is 31.2 Å². The minimum Gasteiger partial charge on any atom is -0.474 e. The number of sulfonamides is 1. The lowest BCUT2D eigenvalue weighted by Crippen LogP contribution is -2.25. The highest BCUT2D eigenvalue weighted by Gasteiger charge is 2.22. The smallest absolute Gasteiger partial charge is 0.261 e. The number of fused-ring (bicyclic) bond motifs is 1. The van der Waals surface area contributed by atoms with Crippen LogP contribution < -0.4 is 9.26 Å². The summed E-state index contributed by atoms with van der Waals surface area (Å²) in [4.78, 5) is 3.97. The van der Waals surface area contributed by atoms with Gasteiger partial charge in [-0.05, 0) is 6.42 Å². The van der Waals surface area contributed by atoms with Crippen molar-refractivity contribution in [3.8, 4) is 5.88 Å². The van der Waals surface area contributed by atoms with Gasteiger partial charge in [-0.3, -0.25) is 0 Å². The van der Waals surface area contributed by atoms with Gasteiger partial charge in [0.05, 0.1) is 24.8 Å². The Kier molecular flexibility index (Phi) is 5.14. The average molecular weight is 332 g/mol. The molecular formula is C12H17FN4O4S. The van der Waals surface area contributed by atoms with Crippen LogP contribution in [0.25, 0.3) is 5.65 Å². The topological polar surface area (TPSA) is 86.0 Å². The first-order valence-corrected chi connectivity index (χ1v) is 8.25. The Hall–Kier alpha value is -1.94. The molecule has 22 heavy (non-hydrogen) atoms. The predicted octanol–water partition coefficient (Wildman–Crippen LogP) is 1.19. The van der Waals surface area contributed by atoms with Crippen LogP contribution in [0.15, 0.2) is 18.5 Å². The second-order valence-corrected chi connectivity index (χ2v) is 6.36. The van der Waals surface area contributed by atoms with Crippen molar-refractivity contribution in [2.45, 2.75) is 13.3 Å². The summed E-state index contributed by atoms with van der Waals surface area (Å²) in [6.45, 7) is 2.37. The van der Waals surface area contributed by atoms with Gasteiger partial charge >= 0.3 is 0 Å². The van der Waals surface area contributed by atoms with Crippen LogP contribution in [0.2, 0.25) is 0 Å². The molecule has 0 saturated heterocycles. The van der Waals surface area contributed by atoms with E-state index in [1.54, 1.807) is 20.1 Å².